The number of hydrogen-bond donors (Lipinski definition) is 2. The Morgan fingerprint density at radius 1 is 1.21 bits per heavy atom. The highest BCUT2D eigenvalue weighted by molar-refractivity contribution is 5.77. The molecule has 0 radical (unpaired) electrons. The highest BCUT2D eigenvalue weighted by Crippen LogP contribution is 2.22. The quantitative estimate of drug-likeness (QED) is 0.601. The summed E-state index contributed by atoms with van der Waals surface area (Å²) in [5, 5.41) is 16.6. The average molecular weight is 331 g/mol. The lowest BCUT2D eigenvalue weighted by Gasteiger charge is -2.14. The van der Waals surface area contributed by atoms with Gasteiger partial charge in [0.2, 0.25) is 5.91 Å². The van der Waals surface area contributed by atoms with E-state index in [1.54, 1.807) is 37.3 Å². The number of anilines is 1. The monoisotopic (exact) mass is 331 g/mol. The normalized spacial score (nSPS) is 11.6. The summed E-state index contributed by atoms with van der Waals surface area (Å²) in [6, 6.07) is 11.9. The number of benzene rings is 2. The molecule has 1 atom stereocenters. The molecule has 24 heavy (non-hydrogen) atoms. The molecule has 2 rings (SSSR count). The molecule has 0 spiro atoms. The standard InChI is InChI=1S/C17H18FN3O3/c1-12(13-6-8-14(18)9-7-13)20-17(22)10-11-19-15-4-2-3-5-16(15)21(23)24/h2-9,12,19H,10-11H2,1H3,(H,20,22). The molecule has 2 aromatic rings. The van der Waals surface area contributed by atoms with E-state index in [1.807, 2.05) is 0 Å². The van der Waals surface area contributed by atoms with Gasteiger partial charge in [-0.1, -0.05) is 24.3 Å². The van der Waals surface area contributed by atoms with Crippen molar-refractivity contribution in [2.24, 2.45) is 0 Å². The van der Waals surface area contributed by atoms with E-state index in [-0.39, 0.29) is 36.4 Å². The van der Waals surface area contributed by atoms with E-state index in [0.29, 0.717) is 5.69 Å². The predicted octanol–water partition coefficient (Wildman–Crippen LogP) is 3.41. The van der Waals surface area contributed by atoms with Crippen LogP contribution in [0.15, 0.2) is 48.5 Å². The predicted molar refractivity (Wildman–Crippen MR) is 89.2 cm³/mol. The third-order valence-electron chi connectivity index (χ3n) is 3.52. The zero-order valence-electron chi connectivity index (χ0n) is 13.2. The number of nitro benzene ring substituents is 1. The molecule has 6 nitrogen and oxygen atoms in total. The minimum Gasteiger partial charge on any atom is -0.379 e. The van der Waals surface area contributed by atoms with Gasteiger partial charge in [-0.15, -0.1) is 0 Å². The van der Waals surface area contributed by atoms with Crippen LogP contribution >= 0.6 is 0 Å². The second-order valence-corrected chi connectivity index (χ2v) is 5.29. The van der Waals surface area contributed by atoms with Gasteiger partial charge in [0.15, 0.2) is 0 Å². The molecule has 0 saturated carbocycles. The summed E-state index contributed by atoms with van der Waals surface area (Å²) in [5.41, 5.74) is 1.15. The van der Waals surface area contributed by atoms with Crippen LogP contribution in [0.5, 0.6) is 0 Å². The fourth-order valence-corrected chi connectivity index (χ4v) is 2.24. The lowest BCUT2D eigenvalue weighted by molar-refractivity contribution is -0.384. The van der Waals surface area contributed by atoms with Crippen LogP contribution in [0.4, 0.5) is 15.8 Å². The van der Waals surface area contributed by atoms with E-state index in [2.05, 4.69) is 10.6 Å². The molecule has 0 aliphatic heterocycles. The third-order valence-corrected chi connectivity index (χ3v) is 3.52. The van der Waals surface area contributed by atoms with Gasteiger partial charge in [-0.25, -0.2) is 4.39 Å². The van der Waals surface area contributed by atoms with E-state index >= 15 is 0 Å². The molecule has 0 aromatic heterocycles. The smallest absolute Gasteiger partial charge is 0.292 e. The maximum atomic E-state index is 12.9. The van der Waals surface area contributed by atoms with Gasteiger partial charge in [-0.2, -0.15) is 0 Å². The van der Waals surface area contributed by atoms with Crippen LogP contribution in [0.2, 0.25) is 0 Å². The van der Waals surface area contributed by atoms with Crippen LogP contribution in [0.1, 0.15) is 24.9 Å². The van der Waals surface area contributed by atoms with Crippen molar-refractivity contribution in [3.05, 3.63) is 70.0 Å². The zero-order chi connectivity index (χ0) is 17.5. The number of amides is 1. The minimum absolute atomic E-state index is 0.0300. The van der Waals surface area contributed by atoms with Crippen molar-refractivity contribution in [2.45, 2.75) is 19.4 Å². The van der Waals surface area contributed by atoms with Gasteiger partial charge >= 0.3 is 0 Å². The molecule has 1 unspecified atom stereocenters. The fourth-order valence-electron chi connectivity index (χ4n) is 2.24. The first-order valence-electron chi connectivity index (χ1n) is 7.49. The van der Waals surface area contributed by atoms with Gasteiger partial charge in [0.1, 0.15) is 11.5 Å². The maximum Gasteiger partial charge on any atom is 0.292 e. The fraction of sp³-hybridized carbons (Fsp3) is 0.235. The third kappa shape index (κ3) is 4.77. The Balaban J connectivity index is 1.83. The number of para-hydroxylation sites is 2. The Bertz CT molecular complexity index is 719. The molecule has 0 aliphatic carbocycles. The topological polar surface area (TPSA) is 84.3 Å². The van der Waals surface area contributed by atoms with Crippen molar-refractivity contribution in [1.82, 2.24) is 5.32 Å². The van der Waals surface area contributed by atoms with Gasteiger partial charge < -0.3 is 10.6 Å². The number of nitro groups is 1. The number of nitrogens with one attached hydrogen (secondary N) is 2. The summed E-state index contributed by atoms with van der Waals surface area (Å²) in [5.74, 6) is -0.524. The van der Waals surface area contributed by atoms with Crippen LogP contribution in [0, 0.1) is 15.9 Å². The Hall–Kier alpha value is -2.96. The summed E-state index contributed by atoms with van der Waals surface area (Å²) in [4.78, 5) is 22.4. The van der Waals surface area contributed by atoms with Crippen molar-refractivity contribution >= 4 is 17.3 Å². The van der Waals surface area contributed by atoms with Crippen molar-refractivity contribution < 1.29 is 14.1 Å². The van der Waals surface area contributed by atoms with Crippen molar-refractivity contribution in [3.8, 4) is 0 Å². The second-order valence-electron chi connectivity index (χ2n) is 5.29. The zero-order valence-corrected chi connectivity index (χ0v) is 13.2. The molecular weight excluding hydrogens is 313 g/mol. The molecule has 0 bridgehead atoms. The summed E-state index contributed by atoms with van der Waals surface area (Å²) in [6.45, 7) is 2.08. The Morgan fingerprint density at radius 2 is 1.88 bits per heavy atom. The Morgan fingerprint density at radius 3 is 2.54 bits per heavy atom. The molecule has 2 N–H and O–H groups in total. The first-order chi connectivity index (χ1) is 11.5. The van der Waals surface area contributed by atoms with Crippen LogP contribution in [-0.4, -0.2) is 17.4 Å². The number of carbonyl (C=O) groups is 1. The molecule has 7 heteroatoms. The lowest BCUT2D eigenvalue weighted by atomic mass is 10.1. The number of rotatable bonds is 7. The number of carbonyl (C=O) groups excluding carboxylic acids is 1. The van der Waals surface area contributed by atoms with E-state index < -0.39 is 4.92 Å². The van der Waals surface area contributed by atoms with Crippen LogP contribution in [0.25, 0.3) is 0 Å². The molecule has 0 fully saturated rings. The number of halogens is 1. The number of hydrogen-bond acceptors (Lipinski definition) is 4. The minimum atomic E-state index is -0.473. The Kier molecular flexibility index (Phi) is 5.83. The summed E-state index contributed by atoms with van der Waals surface area (Å²) in [6.07, 6.45) is 0.164. The summed E-state index contributed by atoms with van der Waals surface area (Å²) < 4.78 is 12.9. The highest BCUT2D eigenvalue weighted by atomic mass is 19.1. The largest absolute Gasteiger partial charge is 0.379 e. The van der Waals surface area contributed by atoms with Gasteiger partial charge in [-0.3, -0.25) is 14.9 Å². The molecule has 0 heterocycles. The average Bonchev–Trinajstić information content (AvgIpc) is 2.55. The number of nitrogens with zero attached hydrogens (tertiary/aromatic N) is 1. The van der Waals surface area contributed by atoms with Gasteiger partial charge in [-0.05, 0) is 30.7 Å². The molecule has 0 aliphatic rings. The molecule has 1 amide bonds. The van der Waals surface area contributed by atoms with E-state index in [0.717, 1.165) is 5.56 Å². The van der Waals surface area contributed by atoms with E-state index in [1.165, 1.54) is 18.2 Å². The molecule has 126 valence electrons. The van der Waals surface area contributed by atoms with Crippen molar-refractivity contribution in [1.29, 1.82) is 0 Å². The van der Waals surface area contributed by atoms with Gasteiger partial charge in [0.25, 0.3) is 5.69 Å². The van der Waals surface area contributed by atoms with E-state index in [4.69, 9.17) is 0 Å². The SMILES string of the molecule is CC(NC(=O)CCNc1ccccc1[N+](=O)[O-])c1ccc(F)cc1. The van der Waals surface area contributed by atoms with E-state index in [9.17, 15) is 19.3 Å². The second kappa shape index (κ2) is 8.05. The van der Waals surface area contributed by atoms with Crippen molar-refractivity contribution in [2.75, 3.05) is 11.9 Å². The van der Waals surface area contributed by atoms with Crippen molar-refractivity contribution in [3.63, 3.8) is 0 Å². The van der Waals surface area contributed by atoms with Gasteiger partial charge in [0.05, 0.1) is 11.0 Å². The van der Waals surface area contributed by atoms with Crippen LogP contribution in [-0.2, 0) is 4.79 Å². The lowest BCUT2D eigenvalue weighted by Crippen LogP contribution is -2.28. The molecule has 2 aromatic carbocycles. The van der Waals surface area contributed by atoms with Gasteiger partial charge in [0, 0.05) is 19.0 Å². The van der Waals surface area contributed by atoms with Crippen LogP contribution in [0.3, 0.4) is 0 Å². The molecule has 0 saturated heterocycles. The van der Waals surface area contributed by atoms with Crippen LogP contribution < -0.4 is 10.6 Å². The summed E-state index contributed by atoms with van der Waals surface area (Å²) >= 11 is 0. The first-order valence-corrected chi connectivity index (χ1v) is 7.49. The summed E-state index contributed by atoms with van der Waals surface area (Å²) in [7, 11) is 0. The Labute approximate surface area is 138 Å². The first kappa shape index (κ1) is 17.4. The maximum absolute atomic E-state index is 12.9. The highest BCUT2D eigenvalue weighted by Gasteiger charge is 2.13. The molecular formula is C17H18FN3O3.